The van der Waals surface area contributed by atoms with Crippen LogP contribution in [0.4, 0.5) is 0 Å². The SMILES string of the molecule is COc1ccc(OC)c(CNC(=O)c2nnn3c2CO[C@@H](c2ccc(Cl)cc2)C3)c1. The molecule has 1 aliphatic rings. The van der Waals surface area contributed by atoms with E-state index in [1.165, 1.54) is 0 Å². The molecule has 0 radical (unpaired) electrons. The van der Waals surface area contributed by atoms with Gasteiger partial charge in [0.05, 0.1) is 33.1 Å². The van der Waals surface area contributed by atoms with Crippen molar-refractivity contribution in [2.24, 2.45) is 0 Å². The summed E-state index contributed by atoms with van der Waals surface area (Å²) in [5.74, 6) is 1.02. The van der Waals surface area contributed by atoms with E-state index in [2.05, 4.69) is 15.6 Å². The van der Waals surface area contributed by atoms with Crippen molar-refractivity contribution in [1.82, 2.24) is 20.3 Å². The normalized spacial score (nSPS) is 15.4. The Morgan fingerprint density at radius 2 is 2.03 bits per heavy atom. The number of hydrogen-bond donors (Lipinski definition) is 1. The number of aromatic nitrogens is 3. The fraction of sp³-hybridized carbons (Fsp3) is 0.286. The average molecular weight is 429 g/mol. The molecule has 0 aliphatic carbocycles. The molecule has 0 spiro atoms. The Morgan fingerprint density at radius 1 is 1.23 bits per heavy atom. The van der Waals surface area contributed by atoms with Gasteiger partial charge >= 0.3 is 0 Å². The number of amides is 1. The third-order valence-corrected chi connectivity index (χ3v) is 5.23. The predicted octanol–water partition coefficient (Wildman–Crippen LogP) is 3.15. The first-order valence-electron chi connectivity index (χ1n) is 9.37. The lowest BCUT2D eigenvalue weighted by Crippen LogP contribution is -2.27. The number of nitrogens with one attached hydrogen (secondary N) is 1. The van der Waals surface area contributed by atoms with Gasteiger partial charge in [-0.1, -0.05) is 28.9 Å². The van der Waals surface area contributed by atoms with E-state index in [4.69, 9.17) is 25.8 Å². The minimum absolute atomic E-state index is 0.173. The second kappa shape index (κ2) is 8.73. The van der Waals surface area contributed by atoms with Crippen molar-refractivity contribution < 1.29 is 19.0 Å². The van der Waals surface area contributed by atoms with Crippen LogP contribution in [0.3, 0.4) is 0 Å². The van der Waals surface area contributed by atoms with Crippen molar-refractivity contribution in [2.75, 3.05) is 14.2 Å². The topological polar surface area (TPSA) is 87.5 Å². The third kappa shape index (κ3) is 4.10. The van der Waals surface area contributed by atoms with Crippen molar-refractivity contribution in [3.8, 4) is 11.5 Å². The molecule has 8 nitrogen and oxygen atoms in total. The summed E-state index contributed by atoms with van der Waals surface area (Å²) in [5.41, 5.74) is 2.70. The lowest BCUT2D eigenvalue weighted by Gasteiger charge is -2.24. The molecule has 0 bridgehead atoms. The monoisotopic (exact) mass is 428 g/mol. The molecule has 3 aromatic rings. The summed E-state index contributed by atoms with van der Waals surface area (Å²) in [7, 11) is 3.17. The quantitative estimate of drug-likeness (QED) is 0.649. The van der Waals surface area contributed by atoms with E-state index >= 15 is 0 Å². The van der Waals surface area contributed by atoms with Crippen LogP contribution in [0.2, 0.25) is 5.02 Å². The van der Waals surface area contributed by atoms with E-state index in [0.29, 0.717) is 28.8 Å². The Hall–Kier alpha value is -3.10. The molecule has 1 amide bonds. The molecule has 4 rings (SSSR count). The van der Waals surface area contributed by atoms with Crippen LogP contribution in [0.1, 0.15) is 33.4 Å². The molecule has 156 valence electrons. The maximum atomic E-state index is 12.7. The van der Waals surface area contributed by atoms with E-state index in [1.54, 1.807) is 31.0 Å². The minimum atomic E-state index is -0.324. The molecule has 0 saturated carbocycles. The number of halogens is 1. The fourth-order valence-electron chi connectivity index (χ4n) is 3.35. The zero-order valence-corrected chi connectivity index (χ0v) is 17.3. The van der Waals surface area contributed by atoms with Gasteiger partial charge in [0, 0.05) is 17.1 Å². The maximum Gasteiger partial charge on any atom is 0.274 e. The van der Waals surface area contributed by atoms with E-state index in [-0.39, 0.29) is 30.9 Å². The van der Waals surface area contributed by atoms with Gasteiger partial charge in [0.2, 0.25) is 0 Å². The number of carbonyl (C=O) groups excluding carboxylic acids is 1. The smallest absolute Gasteiger partial charge is 0.274 e. The Bertz CT molecular complexity index is 1050. The molecule has 1 atom stereocenters. The van der Waals surface area contributed by atoms with Gasteiger partial charge < -0.3 is 19.5 Å². The van der Waals surface area contributed by atoms with E-state index in [0.717, 1.165) is 11.1 Å². The zero-order valence-electron chi connectivity index (χ0n) is 16.6. The van der Waals surface area contributed by atoms with Crippen LogP contribution in [0.15, 0.2) is 42.5 Å². The van der Waals surface area contributed by atoms with Crippen LogP contribution < -0.4 is 14.8 Å². The number of carbonyl (C=O) groups is 1. The number of nitrogens with zero attached hydrogens (tertiary/aromatic N) is 3. The highest BCUT2D eigenvalue weighted by Crippen LogP contribution is 2.28. The summed E-state index contributed by atoms with van der Waals surface area (Å²) in [5, 5.41) is 11.7. The molecule has 0 saturated heterocycles. The van der Waals surface area contributed by atoms with Gasteiger partial charge in [-0.05, 0) is 35.9 Å². The summed E-state index contributed by atoms with van der Waals surface area (Å²) >= 11 is 5.95. The van der Waals surface area contributed by atoms with Gasteiger partial charge in [-0.2, -0.15) is 0 Å². The first-order valence-corrected chi connectivity index (χ1v) is 9.75. The zero-order chi connectivity index (χ0) is 21.1. The number of rotatable bonds is 6. The van der Waals surface area contributed by atoms with Crippen LogP contribution in [0.25, 0.3) is 0 Å². The van der Waals surface area contributed by atoms with Crippen LogP contribution in [-0.2, 0) is 24.4 Å². The molecule has 2 aromatic carbocycles. The summed E-state index contributed by atoms with van der Waals surface area (Å²) in [6.45, 7) is 0.978. The maximum absolute atomic E-state index is 12.7. The number of benzene rings is 2. The van der Waals surface area contributed by atoms with Crippen molar-refractivity contribution in [1.29, 1.82) is 0 Å². The molecular formula is C21H21ClN4O4. The summed E-state index contributed by atoms with van der Waals surface area (Å²) in [6.07, 6.45) is -0.173. The first kappa shape index (κ1) is 20.2. The highest BCUT2D eigenvalue weighted by Gasteiger charge is 2.27. The van der Waals surface area contributed by atoms with Gasteiger partial charge in [-0.15, -0.1) is 5.10 Å². The van der Waals surface area contributed by atoms with Crippen LogP contribution in [0, 0.1) is 0 Å². The van der Waals surface area contributed by atoms with Crippen LogP contribution >= 0.6 is 11.6 Å². The largest absolute Gasteiger partial charge is 0.497 e. The number of methoxy groups -OCH3 is 2. The average Bonchev–Trinajstić information content (AvgIpc) is 3.21. The molecule has 1 aliphatic heterocycles. The Balaban J connectivity index is 1.45. The van der Waals surface area contributed by atoms with Crippen molar-refractivity contribution >= 4 is 17.5 Å². The summed E-state index contributed by atoms with van der Waals surface area (Å²) in [6, 6.07) is 12.9. The first-order chi connectivity index (χ1) is 14.6. The molecule has 2 heterocycles. The van der Waals surface area contributed by atoms with Crippen LogP contribution in [-0.4, -0.2) is 35.1 Å². The van der Waals surface area contributed by atoms with E-state index in [1.807, 2.05) is 30.3 Å². The highest BCUT2D eigenvalue weighted by molar-refractivity contribution is 6.30. The lowest BCUT2D eigenvalue weighted by molar-refractivity contribution is -0.00177. The van der Waals surface area contributed by atoms with E-state index in [9.17, 15) is 4.79 Å². The van der Waals surface area contributed by atoms with Crippen molar-refractivity contribution in [3.05, 3.63) is 70.0 Å². The number of fused-ring (bicyclic) bond motifs is 1. The molecule has 0 unspecified atom stereocenters. The third-order valence-electron chi connectivity index (χ3n) is 4.98. The Morgan fingerprint density at radius 3 is 2.77 bits per heavy atom. The van der Waals surface area contributed by atoms with Gasteiger partial charge in [0.15, 0.2) is 5.69 Å². The highest BCUT2D eigenvalue weighted by atomic mass is 35.5. The van der Waals surface area contributed by atoms with Gasteiger partial charge in [0.25, 0.3) is 5.91 Å². The summed E-state index contributed by atoms with van der Waals surface area (Å²) in [4.78, 5) is 12.7. The van der Waals surface area contributed by atoms with Crippen molar-refractivity contribution in [3.63, 3.8) is 0 Å². The molecule has 1 N–H and O–H groups in total. The van der Waals surface area contributed by atoms with E-state index < -0.39 is 0 Å². The van der Waals surface area contributed by atoms with Gasteiger partial charge in [-0.25, -0.2) is 4.68 Å². The number of ether oxygens (including phenoxy) is 3. The molecule has 30 heavy (non-hydrogen) atoms. The molecule has 1 aromatic heterocycles. The molecule has 0 fully saturated rings. The van der Waals surface area contributed by atoms with Crippen LogP contribution in [0.5, 0.6) is 11.5 Å². The summed E-state index contributed by atoms with van der Waals surface area (Å²) < 4.78 is 18.3. The van der Waals surface area contributed by atoms with Gasteiger partial charge in [0.1, 0.15) is 17.6 Å². The fourth-order valence-corrected chi connectivity index (χ4v) is 3.47. The standard InChI is InChI=1S/C21H21ClN4O4/c1-28-16-7-8-18(29-2)14(9-16)10-23-21(27)20-17-12-30-19(11-26(17)25-24-20)13-3-5-15(22)6-4-13/h3-9,19H,10-12H2,1-2H3,(H,23,27)/t19-/m1/s1. The van der Waals surface area contributed by atoms with Gasteiger partial charge in [-0.3, -0.25) is 4.79 Å². The Labute approximate surface area is 178 Å². The molecule has 9 heteroatoms. The predicted molar refractivity (Wildman–Crippen MR) is 110 cm³/mol. The molecular weight excluding hydrogens is 408 g/mol. The second-order valence-electron chi connectivity index (χ2n) is 6.78. The minimum Gasteiger partial charge on any atom is -0.497 e. The second-order valence-corrected chi connectivity index (χ2v) is 7.21. The number of hydrogen-bond acceptors (Lipinski definition) is 6. The Kier molecular flexibility index (Phi) is 5.87. The lowest BCUT2D eigenvalue weighted by atomic mass is 10.1. The van der Waals surface area contributed by atoms with Crippen molar-refractivity contribution in [2.45, 2.75) is 25.8 Å².